The van der Waals surface area contributed by atoms with Crippen LogP contribution in [0.2, 0.25) is 0 Å². The molecule has 1 aliphatic rings. The van der Waals surface area contributed by atoms with E-state index in [0.29, 0.717) is 6.04 Å². The van der Waals surface area contributed by atoms with Crippen LogP contribution in [0.15, 0.2) is 43.0 Å². The third kappa shape index (κ3) is 2.89. The highest BCUT2D eigenvalue weighted by Crippen LogP contribution is 2.31. The molecule has 6 heteroatoms. The van der Waals surface area contributed by atoms with Crippen molar-refractivity contribution >= 4 is 16.7 Å². The number of rotatable bonds is 3. The van der Waals surface area contributed by atoms with Gasteiger partial charge in [-0.05, 0) is 25.0 Å². The summed E-state index contributed by atoms with van der Waals surface area (Å²) in [6, 6.07) is 6.65. The average molecular weight is 332 g/mol. The lowest BCUT2D eigenvalue weighted by molar-refractivity contribution is 0.277. The fourth-order valence-electron chi connectivity index (χ4n) is 3.50. The van der Waals surface area contributed by atoms with E-state index in [1.807, 2.05) is 29.7 Å². The highest BCUT2D eigenvalue weighted by molar-refractivity contribution is 5.95. The van der Waals surface area contributed by atoms with Crippen LogP contribution >= 0.6 is 0 Å². The molecule has 1 aliphatic heterocycles. The van der Waals surface area contributed by atoms with Crippen LogP contribution in [0.1, 0.15) is 12.8 Å². The zero-order valence-corrected chi connectivity index (χ0v) is 14.2. The summed E-state index contributed by atoms with van der Waals surface area (Å²) in [6.07, 6.45) is 9.57. The Hall–Kier alpha value is -3.07. The Kier molecular flexibility index (Phi) is 3.98. The van der Waals surface area contributed by atoms with E-state index in [1.54, 1.807) is 6.20 Å². The highest BCUT2D eigenvalue weighted by Gasteiger charge is 2.25. The van der Waals surface area contributed by atoms with E-state index in [9.17, 15) is 0 Å². The smallest absolute Gasteiger partial charge is 0.138 e. The molecule has 0 radical (unpaired) electrons. The van der Waals surface area contributed by atoms with Gasteiger partial charge in [0.05, 0.1) is 25.0 Å². The van der Waals surface area contributed by atoms with Gasteiger partial charge in [0.2, 0.25) is 0 Å². The maximum atomic E-state index is 7.13. The summed E-state index contributed by atoms with van der Waals surface area (Å²) < 4.78 is 0. The molecule has 0 saturated carbocycles. The van der Waals surface area contributed by atoms with Crippen LogP contribution < -0.4 is 4.90 Å². The molecule has 3 aromatic heterocycles. The summed E-state index contributed by atoms with van der Waals surface area (Å²) in [5, 5.41) is 2.93. The Labute approximate surface area is 146 Å². The number of fused-ring (bicyclic) bond motifs is 1. The summed E-state index contributed by atoms with van der Waals surface area (Å²) in [6.45, 7) is 8.80. The summed E-state index contributed by atoms with van der Waals surface area (Å²) >= 11 is 0. The molecule has 0 atom stereocenters. The number of piperidine rings is 1. The molecule has 25 heavy (non-hydrogen) atoms. The van der Waals surface area contributed by atoms with E-state index >= 15 is 0 Å². The lowest BCUT2D eigenvalue weighted by Gasteiger charge is -2.33. The van der Waals surface area contributed by atoms with Crippen molar-refractivity contribution in [3.8, 4) is 11.1 Å². The van der Waals surface area contributed by atoms with Crippen LogP contribution in [0.25, 0.3) is 27.1 Å². The van der Waals surface area contributed by atoms with Crippen molar-refractivity contribution in [2.45, 2.75) is 18.9 Å². The number of pyridine rings is 2. The molecular formula is C19H20N6. The maximum Gasteiger partial charge on any atom is 0.138 e. The Morgan fingerprint density at radius 3 is 2.88 bits per heavy atom. The molecule has 1 saturated heterocycles. The zero-order chi connectivity index (χ0) is 17.2. The first-order valence-electron chi connectivity index (χ1n) is 8.49. The third-order valence-corrected chi connectivity index (χ3v) is 5.03. The normalized spacial score (nSPS) is 15.3. The molecule has 1 fully saturated rings. The minimum absolute atomic E-state index is 0.443. The Bertz CT molecular complexity index is 903. The molecule has 0 aliphatic carbocycles. The minimum atomic E-state index is 0.443. The number of nitrogens with zero attached hydrogens (tertiary/aromatic N) is 5. The molecular weight excluding hydrogens is 312 g/mol. The largest absolute Gasteiger partial charge is 0.370 e. The molecule has 0 amide bonds. The van der Waals surface area contributed by atoms with E-state index in [0.717, 1.165) is 53.8 Å². The molecule has 126 valence electrons. The number of H-pyrrole nitrogens is 1. The molecule has 0 bridgehead atoms. The average Bonchev–Trinajstić information content (AvgIpc) is 3.11. The van der Waals surface area contributed by atoms with E-state index in [2.05, 4.69) is 44.0 Å². The number of hydrogen-bond acceptors (Lipinski definition) is 4. The van der Waals surface area contributed by atoms with Crippen LogP contribution in [0.5, 0.6) is 0 Å². The first-order valence-corrected chi connectivity index (χ1v) is 8.49. The first kappa shape index (κ1) is 15.5. The Morgan fingerprint density at radius 1 is 1.32 bits per heavy atom. The Morgan fingerprint density at radius 2 is 2.16 bits per heavy atom. The second-order valence-electron chi connectivity index (χ2n) is 6.43. The first-order chi connectivity index (χ1) is 12.3. The van der Waals surface area contributed by atoms with Gasteiger partial charge in [-0.15, -0.1) is 5.01 Å². The monoisotopic (exact) mass is 332 g/mol. The third-order valence-electron chi connectivity index (χ3n) is 5.03. The fraction of sp³-hybridized carbons (Fsp3) is 0.316. The number of anilines is 1. The fourth-order valence-corrected chi connectivity index (χ4v) is 3.50. The van der Waals surface area contributed by atoms with Gasteiger partial charge in [-0.25, -0.2) is 4.98 Å². The summed E-state index contributed by atoms with van der Waals surface area (Å²) in [4.78, 5) is 17.9. The molecule has 6 nitrogen and oxygen atoms in total. The number of aromatic amines is 1. The van der Waals surface area contributed by atoms with E-state index < -0.39 is 0 Å². The highest BCUT2D eigenvalue weighted by atomic mass is 15.4. The summed E-state index contributed by atoms with van der Waals surface area (Å²) in [7, 11) is 2.12. The van der Waals surface area contributed by atoms with Crippen molar-refractivity contribution in [2.24, 2.45) is 0 Å². The van der Waals surface area contributed by atoms with Gasteiger partial charge in [0.25, 0.3) is 0 Å². The van der Waals surface area contributed by atoms with Crippen molar-refractivity contribution in [3.63, 3.8) is 0 Å². The van der Waals surface area contributed by atoms with Crippen molar-refractivity contribution in [3.05, 3.63) is 54.5 Å². The van der Waals surface area contributed by atoms with Crippen LogP contribution in [0.4, 0.5) is 5.69 Å². The quantitative estimate of drug-likeness (QED) is 0.747. The van der Waals surface area contributed by atoms with Crippen molar-refractivity contribution in [2.75, 3.05) is 25.0 Å². The lowest BCUT2D eigenvalue weighted by atomic mass is 10.0. The van der Waals surface area contributed by atoms with Gasteiger partial charge >= 0.3 is 0 Å². The van der Waals surface area contributed by atoms with Crippen molar-refractivity contribution in [1.29, 1.82) is 0 Å². The van der Waals surface area contributed by atoms with E-state index in [4.69, 9.17) is 6.57 Å². The second-order valence-corrected chi connectivity index (χ2v) is 6.43. The Balaban J connectivity index is 1.64. The number of nitrogens with one attached hydrogen (secondary N) is 1. The van der Waals surface area contributed by atoms with Gasteiger partial charge in [0.1, 0.15) is 5.65 Å². The van der Waals surface area contributed by atoms with Crippen LogP contribution in [-0.2, 0) is 0 Å². The van der Waals surface area contributed by atoms with Gasteiger partial charge < -0.3 is 9.88 Å². The molecule has 3 aromatic rings. The summed E-state index contributed by atoms with van der Waals surface area (Å²) in [5.74, 6) is 0. The van der Waals surface area contributed by atoms with Crippen LogP contribution in [0, 0.1) is 6.57 Å². The van der Waals surface area contributed by atoms with Gasteiger partial charge in [0.15, 0.2) is 0 Å². The minimum Gasteiger partial charge on any atom is -0.370 e. The number of aromatic nitrogens is 3. The second kappa shape index (κ2) is 6.44. The van der Waals surface area contributed by atoms with Gasteiger partial charge in [-0.1, -0.05) is 6.07 Å². The summed E-state index contributed by atoms with van der Waals surface area (Å²) in [5.41, 5.74) is 4.20. The SMILES string of the molecule is [C-]#[N+]N1CCC(N(C)c2cnc3[nH]cc(-c4cccnc4)c3c2)CC1. The van der Waals surface area contributed by atoms with Crippen molar-refractivity contribution < 1.29 is 0 Å². The van der Waals surface area contributed by atoms with E-state index in [1.165, 1.54) is 0 Å². The molecule has 1 N–H and O–H groups in total. The van der Waals surface area contributed by atoms with Gasteiger partial charge in [-0.2, -0.15) is 11.5 Å². The molecule has 0 aromatic carbocycles. The molecule has 4 heterocycles. The van der Waals surface area contributed by atoms with Crippen molar-refractivity contribution in [1.82, 2.24) is 20.0 Å². The standard InChI is InChI=1S/C19H20N6/c1-20-25-8-5-15(6-9-25)24(2)16-10-17-18(13-23-19(17)22-12-16)14-4-3-7-21-11-14/h3-4,7,10-13,15H,5-6,8-9H2,2H3,(H,22,23). The lowest BCUT2D eigenvalue weighted by Crippen LogP contribution is -2.41. The predicted octanol–water partition coefficient (Wildman–Crippen LogP) is 3.36. The van der Waals surface area contributed by atoms with Gasteiger partial charge in [-0.3, -0.25) is 4.98 Å². The topological polar surface area (TPSA) is 52.4 Å². The van der Waals surface area contributed by atoms with Crippen LogP contribution in [0.3, 0.4) is 0 Å². The van der Waals surface area contributed by atoms with Crippen LogP contribution in [-0.4, -0.2) is 46.1 Å². The molecule has 0 spiro atoms. The zero-order valence-electron chi connectivity index (χ0n) is 14.2. The molecule has 4 rings (SSSR count). The number of hydrogen-bond donors (Lipinski definition) is 1. The molecule has 0 unspecified atom stereocenters. The van der Waals surface area contributed by atoms with E-state index in [-0.39, 0.29) is 0 Å². The predicted molar refractivity (Wildman–Crippen MR) is 98.9 cm³/mol. The maximum absolute atomic E-state index is 7.13. The van der Waals surface area contributed by atoms with Gasteiger partial charge in [0, 0.05) is 48.2 Å².